The topological polar surface area (TPSA) is 52.1 Å². The van der Waals surface area contributed by atoms with Gasteiger partial charge in [0.15, 0.2) is 6.61 Å². The van der Waals surface area contributed by atoms with Crippen LogP contribution < -0.4 is 0 Å². The van der Waals surface area contributed by atoms with Crippen molar-refractivity contribution in [2.75, 3.05) is 6.61 Å². The van der Waals surface area contributed by atoms with Crippen LogP contribution >= 0.6 is 11.6 Å². The van der Waals surface area contributed by atoms with E-state index in [0.29, 0.717) is 21.8 Å². The zero-order valence-corrected chi connectivity index (χ0v) is 16.8. The van der Waals surface area contributed by atoms with Crippen LogP contribution in [0.15, 0.2) is 72.5 Å². The molecular weight excluding hydrogens is 416 g/mol. The predicted molar refractivity (Wildman–Crippen MR) is 107 cm³/mol. The fraction of sp³-hybridized carbons (Fsp3) is 0.136. The molecule has 0 atom stereocenters. The second kappa shape index (κ2) is 11.3. The number of hydrogen-bond donors (Lipinski definition) is 0. The maximum atomic E-state index is 11.6. The number of carbonyl (C=O) groups excluding carboxylic acids is 1. The first kappa shape index (κ1) is 21.7. The number of carbonyl (C=O) groups is 1. The molecule has 6 heteroatoms. The number of hydrogen-bond acceptors (Lipinski definition) is 4. The van der Waals surface area contributed by atoms with Gasteiger partial charge in [-0.25, -0.2) is 9.78 Å². The zero-order chi connectivity index (χ0) is 18.9. The second-order valence-corrected chi connectivity index (χ2v) is 6.09. The molecule has 0 unspecified atom stereocenters. The maximum absolute atomic E-state index is 11.6. The van der Waals surface area contributed by atoms with Gasteiger partial charge in [0, 0.05) is 22.1 Å². The quantitative estimate of drug-likeness (QED) is 0.396. The van der Waals surface area contributed by atoms with E-state index in [1.165, 1.54) is 0 Å². The average molecular weight is 433 g/mol. The van der Waals surface area contributed by atoms with E-state index in [2.05, 4.69) is 46.1 Å². The van der Waals surface area contributed by atoms with Crippen LogP contribution in [0.25, 0.3) is 11.0 Å². The maximum Gasteiger partial charge on any atom is 0.338 e. The van der Waals surface area contributed by atoms with E-state index in [0.717, 1.165) is 18.4 Å². The summed E-state index contributed by atoms with van der Waals surface area (Å²) in [6.45, 7) is 0.0182. The number of aromatic nitrogens is 2. The molecule has 0 spiro atoms. The molecule has 0 bridgehead atoms. The molecular formula is C22H17ClFeN2O2. The van der Waals surface area contributed by atoms with Crippen LogP contribution in [0.2, 0.25) is 5.02 Å². The van der Waals surface area contributed by atoms with Crippen LogP contribution in [0.3, 0.4) is 0 Å². The average Bonchev–Trinajstić information content (AvgIpc) is 3.41. The number of halogens is 1. The smallest absolute Gasteiger partial charge is 0.338 e. The molecule has 0 aliphatic heterocycles. The van der Waals surface area contributed by atoms with E-state index in [4.69, 9.17) is 16.3 Å². The van der Waals surface area contributed by atoms with E-state index in [1.807, 2.05) is 12.2 Å². The normalized spacial score (nSPS) is 13.1. The fourth-order valence-electron chi connectivity index (χ4n) is 2.36. The fourth-order valence-corrected chi connectivity index (χ4v) is 2.52. The molecule has 0 radical (unpaired) electrons. The Balaban J connectivity index is 0.000000408. The van der Waals surface area contributed by atoms with Crippen molar-refractivity contribution in [2.45, 2.75) is 12.8 Å². The molecule has 1 aromatic heterocycles. The number of rotatable bonds is 2. The molecule has 0 N–H and O–H groups in total. The summed E-state index contributed by atoms with van der Waals surface area (Å²) in [6, 6.07) is 5.28. The minimum absolute atomic E-state index is 0. The molecule has 2 aliphatic carbocycles. The third-order valence-electron chi connectivity index (χ3n) is 3.66. The molecule has 0 saturated heterocycles. The second-order valence-electron chi connectivity index (χ2n) is 5.66. The van der Waals surface area contributed by atoms with Gasteiger partial charge in [0.2, 0.25) is 0 Å². The van der Waals surface area contributed by atoms with Crippen molar-refractivity contribution >= 4 is 28.6 Å². The molecule has 28 heavy (non-hydrogen) atoms. The molecule has 2 aliphatic rings. The van der Waals surface area contributed by atoms with Gasteiger partial charge >= 0.3 is 5.97 Å². The minimum atomic E-state index is -0.359. The standard InChI is InChI=1S/C17H11ClN2O2.C5H6.Fe/c18-13-7-8-15-16(10-13)19-11-14(20-15)6-3-9-22-17(21)12-4-1-2-5-12;1-2-4-5-3-1;/h1,4-5,7-8,10-11H,2,9H2;1-4H,5H2;. The molecule has 1 heterocycles. The van der Waals surface area contributed by atoms with Gasteiger partial charge in [0.1, 0.15) is 5.69 Å². The Morgan fingerprint density at radius 2 is 1.96 bits per heavy atom. The molecule has 2 aromatic rings. The Kier molecular flexibility index (Phi) is 8.71. The summed E-state index contributed by atoms with van der Waals surface area (Å²) in [6.07, 6.45) is 17.3. The van der Waals surface area contributed by atoms with Gasteiger partial charge in [-0.2, -0.15) is 0 Å². The Morgan fingerprint density at radius 1 is 1.14 bits per heavy atom. The number of nitrogens with zero attached hydrogens (tertiary/aromatic N) is 2. The molecule has 1 aromatic carbocycles. The summed E-state index contributed by atoms with van der Waals surface area (Å²) in [5.74, 6) is 5.23. The molecule has 4 rings (SSSR count). The van der Waals surface area contributed by atoms with Crippen LogP contribution in [-0.2, 0) is 26.6 Å². The Morgan fingerprint density at radius 3 is 2.64 bits per heavy atom. The summed E-state index contributed by atoms with van der Waals surface area (Å²) in [5, 5.41) is 0.614. The first-order chi connectivity index (χ1) is 13.2. The largest absolute Gasteiger partial charge is 0.449 e. The Labute approximate surface area is 179 Å². The monoisotopic (exact) mass is 432 g/mol. The van der Waals surface area contributed by atoms with Gasteiger partial charge in [0.25, 0.3) is 0 Å². The molecule has 142 valence electrons. The third-order valence-corrected chi connectivity index (χ3v) is 3.89. The van der Waals surface area contributed by atoms with Gasteiger partial charge in [-0.05, 0) is 37.0 Å². The zero-order valence-electron chi connectivity index (χ0n) is 14.9. The van der Waals surface area contributed by atoms with Gasteiger partial charge in [-0.1, -0.05) is 60.1 Å². The number of allylic oxidation sites excluding steroid dienone is 6. The minimum Gasteiger partial charge on any atom is -0.449 e. The SMILES string of the molecule is C1=CCC=C1.O=C(OCC#Cc1cnc2cc(Cl)ccc2n1)C1=CCC=C1.[Fe]. The third kappa shape index (κ3) is 6.51. The summed E-state index contributed by atoms with van der Waals surface area (Å²) in [5.41, 5.74) is 2.52. The molecule has 0 fully saturated rings. The van der Waals surface area contributed by atoms with Crippen molar-refractivity contribution in [1.29, 1.82) is 0 Å². The number of esters is 1. The summed E-state index contributed by atoms with van der Waals surface area (Å²) in [4.78, 5) is 20.2. The molecule has 4 nitrogen and oxygen atoms in total. The Bertz CT molecular complexity index is 1020. The van der Waals surface area contributed by atoms with Crippen LogP contribution in [0.4, 0.5) is 0 Å². The molecule has 0 amide bonds. The summed E-state index contributed by atoms with van der Waals surface area (Å²) >= 11 is 5.89. The van der Waals surface area contributed by atoms with Crippen LogP contribution in [-0.4, -0.2) is 22.5 Å². The Hall–Kier alpha value is -2.64. The summed E-state index contributed by atoms with van der Waals surface area (Å²) in [7, 11) is 0. The number of fused-ring (bicyclic) bond motifs is 1. The van der Waals surface area contributed by atoms with Crippen molar-refractivity contribution in [3.63, 3.8) is 0 Å². The number of ether oxygens (including phenoxy) is 1. The predicted octanol–water partition coefficient (Wildman–Crippen LogP) is 4.56. The van der Waals surface area contributed by atoms with Gasteiger partial charge in [0.05, 0.1) is 22.8 Å². The van der Waals surface area contributed by atoms with Gasteiger partial charge in [-0.3, -0.25) is 4.98 Å². The number of benzene rings is 1. The van der Waals surface area contributed by atoms with Gasteiger partial charge in [-0.15, -0.1) is 0 Å². The molecule has 0 saturated carbocycles. The first-order valence-electron chi connectivity index (χ1n) is 8.49. The van der Waals surface area contributed by atoms with E-state index < -0.39 is 0 Å². The summed E-state index contributed by atoms with van der Waals surface area (Å²) < 4.78 is 5.05. The van der Waals surface area contributed by atoms with Crippen molar-refractivity contribution in [2.24, 2.45) is 0 Å². The van der Waals surface area contributed by atoms with Crippen molar-refractivity contribution in [3.8, 4) is 11.8 Å². The van der Waals surface area contributed by atoms with E-state index in [1.54, 1.807) is 30.5 Å². The van der Waals surface area contributed by atoms with Crippen LogP contribution in [0, 0.1) is 11.8 Å². The van der Waals surface area contributed by atoms with Crippen LogP contribution in [0.5, 0.6) is 0 Å². The van der Waals surface area contributed by atoms with Crippen molar-refractivity contribution in [1.82, 2.24) is 9.97 Å². The van der Waals surface area contributed by atoms with Crippen molar-refractivity contribution in [3.05, 3.63) is 83.2 Å². The first-order valence-corrected chi connectivity index (χ1v) is 8.87. The van der Waals surface area contributed by atoms with Crippen LogP contribution in [0.1, 0.15) is 18.5 Å². The van der Waals surface area contributed by atoms with E-state index in [-0.39, 0.29) is 29.6 Å². The van der Waals surface area contributed by atoms with Crippen molar-refractivity contribution < 1.29 is 26.6 Å². The van der Waals surface area contributed by atoms with E-state index >= 15 is 0 Å². The van der Waals surface area contributed by atoms with Gasteiger partial charge < -0.3 is 4.74 Å². The van der Waals surface area contributed by atoms with E-state index in [9.17, 15) is 4.79 Å².